The van der Waals surface area contributed by atoms with Gasteiger partial charge in [-0.15, -0.1) is 0 Å². The quantitative estimate of drug-likeness (QED) is 0.382. The number of fused-ring (bicyclic) bond motifs is 1. The van der Waals surface area contributed by atoms with Crippen molar-refractivity contribution < 1.29 is 24.2 Å². The maximum atomic E-state index is 10.7. The van der Waals surface area contributed by atoms with Crippen LogP contribution in [0.15, 0.2) is 12.7 Å². The van der Waals surface area contributed by atoms with Crippen LogP contribution in [0.25, 0.3) is 11.2 Å². The summed E-state index contributed by atoms with van der Waals surface area (Å²) in [7, 11) is -4.17. The second kappa shape index (κ2) is 7.12. The average Bonchev–Trinajstić information content (AvgIpc) is 2.86. The first kappa shape index (κ1) is 16.8. The zero-order valence-corrected chi connectivity index (χ0v) is 12.6. The minimum Gasteiger partial charge on any atom is -0.396 e. The fourth-order valence-corrected chi connectivity index (χ4v) is 2.48. The molecule has 2 aromatic rings. The van der Waals surface area contributed by atoms with Crippen LogP contribution in [-0.4, -0.2) is 54.0 Å². The molecule has 0 bridgehead atoms. The molecule has 2 rings (SSSR count). The van der Waals surface area contributed by atoms with Crippen LogP contribution < -0.4 is 5.73 Å². The highest BCUT2D eigenvalue weighted by Crippen LogP contribution is 2.34. The third-order valence-corrected chi connectivity index (χ3v) is 3.62. The molecule has 10 nitrogen and oxygen atoms in total. The van der Waals surface area contributed by atoms with Crippen molar-refractivity contribution in [3.63, 3.8) is 0 Å². The van der Waals surface area contributed by atoms with Crippen molar-refractivity contribution in [2.75, 3.05) is 25.3 Å². The number of ether oxygens (including phenoxy) is 1. The van der Waals surface area contributed by atoms with Crippen LogP contribution in [0.5, 0.6) is 0 Å². The Morgan fingerprint density at radius 2 is 2.09 bits per heavy atom. The number of hydrogen-bond donors (Lipinski definition) is 4. The number of hydrogen-bond acceptors (Lipinski definition) is 7. The number of nitrogen functional groups attached to an aromatic ring is 1. The van der Waals surface area contributed by atoms with E-state index in [0.717, 1.165) is 0 Å². The molecule has 1 unspecified atom stereocenters. The van der Waals surface area contributed by atoms with Gasteiger partial charge in [-0.2, -0.15) is 0 Å². The molecule has 0 radical (unpaired) electrons. The van der Waals surface area contributed by atoms with Gasteiger partial charge in [0.1, 0.15) is 18.2 Å². The Balaban J connectivity index is 2.09. The number of nitrogens with two attached hydrogens (primary N) is 1. The molecular weight excluding hydrogens is 313 g/mol. The maximum Gasteiger partial charge on any atom is 0.350 e. The molecule has 0 saturated heterocycles. The molecule has 0 spiro atoms. The number of nitrogens with zero attached hydrogens (tertiary/aromatic N) is 4. The number of anilines is 1. The lowest BCUT2D eigenvalue weighted by Gasteiger charge is -2.18. The molecule has 0 aliphatic heterocycles. The lowest BCUT2D eigenvalue weighted by Crippen LogP contribution is -2.14. The average molecular weight is 331 g/mol. The summed E-state index contributed by atoms with van der Waals surface area (Å²) in [5.41, 5.74) is 6.74. The first-order valence-corrected chi connectivity index (χ1v) is 8.38. The van der Waals surface area contributed by atoms with Gasteiger partial charge in [0.05, 0.1) is 6.33 Å². The van der Waals surface area contributed by atoms with Gasteiger partial charge in [-0.25, -0.2) is 15.0 Å². The number of aromatic nitrogens is 4. The predicted molar refractivity (Wildman–Crippen MR) is 78.0 cm³/mol. The fraction of sp³-hybridized carbons (Fsp3) is 0.545. The van der Waals surface area contributed by atoms with Gasteiger partial charge in [-0.1, -0.05) is 0 Å². The first-order chi connectivity index (χ1) is 10.4. The summed E-state index contributed by atoms with van der Waals surface area (Å²) in [5.74, 6) is 0.268. The van der Waals surface area contributed by atoms with E-state index in [-0.39, 0.29) is 25.1 Å². The van der Waals surface area contributed by atoms with Crippen molar-refractivity contribution in [2.24, 2.45) is 0 Å². The first-order valence-electron chi connectivity index (χ1n) is 6.58. The van der Waals surface area contributed by atoms with Crippen molar-refractivity contribution in [3.05, 3.63) is 12.7 Å². The van der Waals surface area contributed by atoms with E-state index in [1.807, 2.05) is 0 Å². The molecular formula is C11H18N5O5P. The second-order valence-electron chi connectivity index (χ2n) is 4.74. The van der Waals surface area contributed by atoms with Crippen molar-refractivity contribution in [1.82, 2.24) is 19.5 Å². The van der Waals surface area contributed by atoms with Gasteiger partial charge in [0.15, 0.2) is 11.5 Å². The number of aliphatic hydroxyl groups is 1. The molecule has 1 atom stereocenters. The normalized spacial score (nSPS) is 13.6. The topological polar surface area (TPSA) is 157 Å². The number of aliphatic hydroxyl groups excluding tert-OH is 1. The van der Waals surface area contributed by atoms with Gasteiger partial charge in [0, 0.05) is 19.3 Å². The van der Waals surface area contributed by atoms with Crippen molar-refractivity contribution in [2.45, 2.75) is 18.9 Å². The van der Waals surface area contributed by atoms with Crippen LogP contribution in [0.3, 0.4) is 0 Å². The number of rotatable bonds is 8. The van der Waals surface area contributed by atoms with Crippen molar-refractivity contribution >= 4 is 24.6 Å². The molecule has 122 valence electrons. The Morgan fingerprint density at radius 3 is 2.77 bits per heavy atom. The third kappa shape index (κ3) is 4.21. The van der Waals surface area contributed by atoms with Crippen molar-refractivity contribution in [1.29, 1.82) is 0 Å². The lowest BCUT2D eigenvalue weighted by atomic mass is 10.1. The minimum atomic E-state index is -4.17. The Labute approximate surface area is 126 Å². The van der Waals surface area contributed by atoms with E-state index in [4.69, 9.17) is 20.3 Å². The summed E-state index contributed by atoms with van der Waals surface area (Å²) >= 11 is 0. The monoisotopic (exact) mass is 331 g/mol. The van der Waals surface area contributed by atoms with Crippen LogP contribution in [0.2, 0.25) is 0 Å². The van der Waals surface area contributed by atoms with Gasteiger partial charge in [0.2, 0.25) is 0 Å². The SMILES string of the molecule is Nc1ncnc2c1ncn2C(CCO)CCOCP(=O)(O)O. The van der Waals surface area contributed by atoms with E-state index in [0.29, 0.717) is 24.0 Å². The summed E-state index contributed by atoms with van der Waals surface area (Å²) in [5, 5.41) is 9.19. The number of imidazole rings is 1. The van der Waals surface area contributed by atoms with Gasteiger partial charge < -0.3 is 29.9 Å². The smallest absolute Gasteiger partial charge is 0.350 e. The van der Waals surface area contributed by atoms with Gasteiger partial charge in [0.25, 0.3) is 0 Å². The molecule has 22 heavy (non-hydrogen) atoms. The molecule has 0 aromatic carbocycles. The molecule has 0 amide bonds. The summed E-state index contributed by atoms with van der Waals surface area (Å²) < 4.78 is 17.5. The zero-order valence-electron chi connectivity index (χ0n) is 11.7. The molecule has 11 heteroatoms. The highest BCUT2D eigenvalue weighted by atomic mass is 31.2. The van der Waals surface area contributed by atoms with Gasteiger partial charge in [-0.3, -0.25) is 4.57 Å². The van der Waals surface area contributed by atoms with Crippen molar-refractivity contribution in [3.8, 4) is 0 Å². The van der Waals surface area contributed by atoms with E-state index in [1.165, 1.54) is 6.33 Å². The molecule has 2 aromatic heterocycles. The van der Waals surface area contributed by atoms with Crippen LogP contribution >= 0.6 is 7.60 Å². The highest BCUT2D eigenvalue weighted by Gasteiger charge is 2.18. The summed E-state index contributed by atoms with van der Waals surface area (Å²) in [6.45, 7) is 0.0828. The van der Waals surface area contributed by atoms with E-state index < -0.39 is 13.9 Å². The van der Waals surface area contributed by atoms with E-state index >= 15 is 0 Å². The maximum absolute atomic E-state index is 10.7. The standard InChI is InChI=1S/C11H18N5O5P/c12-10-9-11(14-5-13-10)16(6-15-9)8(1-3-17)2-4-21-7-22(18,19)20/h5-6,8,17H,1-4,7H2,(H2,12,13,14)(H2,18,19,20). The minimum absolute atomic E-state index is 0.0522. The van der Waals surface area contributed by atoms with Crippen LogP contribution in [0, 0.1) is 0 Å². The molecule has 0 saturated carbocycles. The molecule has 0 aliphatic rings. The van der Waals surface area contributed by atoms with Crippen LogP contribution in [0.1, 0.15) is 18.9 Å². The van der Waals surface area contributed by atoms with E-state index in [2.05, 4.69) is 15.0 Å². The fourth-order valence-electron chi connectivity index (χ4n) is 2.11. The summed E-state index contributed by atoms with van der Waals surface area (Å²) in [6, 6.07) is -0.180. The van der Waals surface area contributed by atoms with E-state index in [9.17, 15) is 9.67 Å². The molecule has 0 fully saturated rings. The van der Waals surface area contributed by atoms with Crippen LogP contribution in [-0.2, 0) is 9.30 Å². The summed E-state index contributed by atoms with van der Waals surface area (Å²) in [6.07, 6.45) is 3.12. The van der Waals surface area contributed by atoms with E-state index in [1.54, 1.807) is 10.9 Å². The highest BCUT2D eigenvalue weighted by molar-refractivity contribution is 7.51. The Morgan fingerprint density at radius 1 is 1.32 bits per heavy atom. The molecule has 2 heterocycles. The molecule has 5 N–H and O–H groups in total. The van der Waals surface area contributed by atoms with Gasteiger partial charge in [-0.05, 0) is 12.8 Å². The Bertz CT molecular complexity index is 672. The van der Waals surface area contributed by atoms with Gasteiger partial charge >= 0.3 is 7.60 Å². The lowest BCUT2D eigenvalue weighted by molar-refractivity contribution is 0.137. The Hall–Kier alpha value is -1.58. The molecule has 0 aliphatic carbocycles. The largest absolute Gasteiger partial charge is 0.396 e. The van der Waals surface area contributed by atoms with Crippen LogP contribution in [0.4, 0.5) is 5.82 Å². The predicted octanol–water partition coefficient (Wildman–Crippen LogP) is -0.126. The Kier molecular flexibility index (Phi) is 5.43. The third-order valence-electron chi connectivity index (χ3n) is 3.10. The zero-order chi connectivity index (χ0) is 16.2. The second-order valence-corrected chi connectivity index (χ2v) is 6.33. The summed E-state index contributed by atoms with van der Waals surface area (Å²) in [4.78, 5) is 29.6.